The second kappa shape index (κ2) is 7.98. The summed E-state index contributed by atoms with van der Waals surface area (Å²) in [5, 5.41) is 8.24. The predicted octanol–water partition coefficient (Wildman–Crippen LogP) is 3.32. The van der Waals surface area contributed by atoms with E-state index in [1.54, 1.807) is 43.5 Å². The maximum Gasteiger partial charge on any atom is 0.279 e. The Morgan fingerprint density at radius 1 is 0.931 bits per heavy atom. The molecule has 0 bridgehead atoms. The minimum Gasteiger partial charge on any atom is -0.497 e. The SMILES string of the molecule is COc1ccc(CNC(=O)c2nn(-c3ccccc3)c(=O)c3ccccc23)cc1. The summed E-state index contributed by atoms with van der Waals surface area (Å²) in [5.74, 6) is 0.407. The van der Waals surface area contributed by atoms with E-state index in [-0.39, 0.29) is 17.2 Å². The van der Waals surface area contributed by atoms with E-state index in [0.29, 0.717) is 23.0 Å². The van der Waals surface area contributed by atoms with Gasteiger partial charge in [0, 0.05) is 11.9 Å². The van der Waals surface area contributed by atoms with Crippen molar-refractivity contribution in [1.82, 2.24) is 15.1 Å². The van der Waals surface area contributed by atoms with Crippen molar-refractivity contribution in [2.24, 2.45) is 0 Å². The van der Waals surface area contributed by atoms with Crippen molar-refractivity contribution in [3.63, 3.8) is 0 Å². The first-order valence-corrected chi connectivity index (χ1v) is 9.16. The van der Waals surface area contributed by atoms with Crippen LogP contribution in [0.3, 0.4) is 0 Å². The number of benzene rings is 3. The molecule has 1 N–H and O–H groups in total. The molecule has 0 aliphatic carbocycles. The molecule has 1 amide bonds. The van der Waals surface area contributed by atoms with E-state index in [9.17, 15) is 9.59 Å². The number of hydrogen-bond acceptors (Lipinski definition) is 4. The second-order valence-electron chi connectivity index (χ2n) is 6.48. The van der Waals surface area contributed by atoms with Crippen LogP contribution in [0.2, 0.25) is 0 Å². The van der Waals surface area contributed by atoms with Crippen molar-refractivity contribution in [3.05, 3.63) is 100 Å². The molecule has 0 atom stereocenters. The van der Waals surface area contributed by atoms with Crippen LogP contribution in [0.25, 0.3) is 16.5 Å². The van der Waals surface area contributed by atoms with E-state index >= 15 is 0 Å². The van der Waals surface area contributed by atoms with E-state index in [4.69, 9.17) is 4.74 Å². The number of hydrogen-bond donors (Lipinski definition) is 1. The molecule has 0 aliphatic rings. The fourth-order valence-corrected chi connectivity index (χ4v) is 3.11. The van der Waals surface area contributed by atoms with E-state index < -0.39 is 0 Å². The minimum atomic E-state index is -0.346. The maximum absolute atomic E-state index is 12.9. The molecule has 0 saturated carbocycles. The molecular formula is C23H19N3O3. The van der Waals surface area contributed by atoms with E-state index in [1.165, 1.54) is 4.68 Å². The first kappa shape index (κ1) is 18.4. The molecule has 1 heterocycles. The molecule has 0 radical (unpaired) electrons. The number of aromatic nitrogens is 2. The highest BCUT2D eigenvalue weighted by atomic mass is 16.5. The van der Waals surface area contributed by atoms with Gasteiger partial charge in [-0.1, -0.05) is 48.5 Å². The molecular weight excluding hydrogens is 366 g/mol. The highest BCUT2D eigenvalue weighted by Crippen LogP contribution is 2.16. The van der Waals surface area contributed by atoms with Crippen molar-refractivity contribution < 1.29 is 9.53 Å². The third kappa shape index (κ3) is 3.73. The molecule has 6 nitrogen and oxygen atoms in total. The van der Waals surface area contributed by atoms with E-state index in [2.05, 4.69) is 10.4 Å². The third-order valence-electron chi connectivity index (χ3n) is 4.63. The zero-order chi connectivity index (χ0) is 20.2. The van der Waals surface area contributed by atoms with Crippen LogP contribution in [0.5, 0.6) is 5.75 Å². The molecule has 144 valence electrons. The second-order valence-corrected chi connectivity index (χ2v) is 6.48. The lowest BCUT2D eigenvalue weighted by Gasteiger charge is -2.11. The number of amides is 1. The zero-order valence-corrected chi connectivity index (χ0v) is 15.8. The summed E-state index contributed by atoms with van der Waals surface area (Å²) < 4.78 is 6.42. The topological polar surface area (TPSA) is 73.2 Å². The number of nitrogens with zero attached hydrogens (tertiary/aromatic N) is 2. The zero-order valence-electron chi connectivity index (χ0n) is 15.8. The number of rotatable bonds is 5. The normalized spacial score (nSPS) is 10.7. The van der Waals surface area contributed by atoms with Crippen molar-refractivity contribution in [2.75, 3.05) is 7.11 Å². The van der Waals surface area contributed by atoms with Gasteiger partial charge in [0.1, 0.15) is 5.75 Å². The molecule has 6 heteroatoms. The van der Waals surface area contributed by atoms with Crippen LogP contribution in [0.4, 0.5) is 0 Å². The summed E-state index contributed by atoms with van der Waals surface area (Å²) in [6, 6.07) is 23.5. The molecule has 29 heavy (non-hydrogen) atoms. The Morgan fingerprint density at radius 3 is 2.28 bits per heavy atom. The maximum atomic E-state index is 12.9. The molecule has 0 aliphatic heterocycles. The average molecular weight is 385 g/mol. The van der Waals surface area contributed by atoms with Crippen LogP contribution in [-0.4, -0.2) is 22.8 Å². The number of para-hydroxylation sites is 1. The van der Waals surface area contributed by atoms with Gasteiger partial charge in [0.2, 0.25) is 0 Å². The Labute approximate surface area is 167 Å². The monoisotopic (exact) mass is 385 g/mol. The van der Waals surface area contributed by atoms with Gasteiger partial charge in [0.15, 0.2) is 5.69 Å². The quantitative estimate of drug-likeness (QED) is 0.572. The lowest BCUT2D eigenvalue weighted by atomic mass is 10.1. The molecule has 0 saturated heterocycles. The average Bonchev–Trinajstić information content (AvgIpc) is 2.79. The van der Waals surface area contributed by atoms with Crippen LogP contribution in [0.15, 0.2) is 83.7 Å². The fourth-order valence-electron chi connectivity index (χ4n) is 3.11. The number of carbonyl (C=O) groups is 1. The van der Waals surface area contributed by atoms with Crippen LogP contribution in [-0.2, 0) is 6.54 Å². The standard InChI is InChI=1S/C23H19N3O3/c1-29-18-13-11-16(12-14-18)15-24-22(27)21-19-9-5-6-10-20(19)23(28)26(25-21)17-7-3-2-4-8-17/h2-14H,15H2,1H3,(H,24,27). The van der Waals surface area contributed by atoms with Crippen LogP contribution < -0.4 is 15.6 Å². The Morgan fingerprint density at radius 2 is 1.59 bits per heavy atom. The van der Waals surface area contributed by atoms with E-state index in [0.717, 1.165) is 11.3 Å². The smallest absolute Gasteiger partial charge is 0.279 e. The molecule has 0 unspecified atom stereocenters. The van der Waals surface area contributed by atoms with Gasteiger partial charge in [-0.05, 0) is 35.9 Å². The minimum absolute atomic E-state index is 0.206. The number of methoxy groups -OCH3 is 1. The highest BCUT2D eigenvalue weighted by Gasteiger charge is 2.17. The molecule has 0 fully saturated rings. The Bertz CT molecular complexity index is 1220. The molecule has 4 aromatic rings. The first-order chi connectivity index (χ1) is 14.2. The lowest BCUT2D eigenvalue weighted by Crippen LogP contribution is -2.29. The van der Waals surface area contributed by atoms with Crippen molar-refractivity contribution >= 4 is 16.7 Å². The van der Waals surface area contributed by atoms with Gasteiger partial charge >= 0.3 is 0 Å². The summed E-state index contributed by atoms with van der Waals surface area (Å²) in [5.41, 5.74) is 1.48. The molecule has 0 spiro atoms. The molecule has 4 rings (SSSR count). The van der Waals surface area contributed by atoms with Crippen LogP contribution in [0.1, 0.15) is 16.1 Å². The van der Waals surface area contributed by atoms with Gasteiger partial charge in [-0.25, -0.2) is 0 Å². The van der Waals surface area contributed by atoms with Gasteiger partial charge in [0.25, 0.3) is 11.5 Å². The first-order valence-electron chi connectivity index (χ1n) is 9.16. The number of nitrogens with one attached hydrogen (secondary N) is 1. The summed E-state index contributed by atoms with van der Waals surface area (Å²) >= 11 is 0. The third-order valence-corrected chi connectivity index (χ3v) is 4.63. The lowest BCUT2D eigenvalue weighted by molar-refractivity contribution is 0.0946. The van der Waals surface area contributed by atoms with Gasteiger partial charge < -0.3 is 10.1 Å². The summed E-state index contributed by atoms with van der Waals surface area (Å²) in [4.78, 5) is 25.8. The van der Waals surface area contributed by atoms with Crippen molar-refractivity contribution in [1.29, 1.82) is 0 Å². The summed E-state index contributed by atoms with van der Waals surface area (Å²) in [6.07, 6.45) is 0. The Hall–Kier alpha value is -3.93. The largest absolute Gasteiger partial charge is 0.497 e. The van der Waals surface area contributed by atoms with Gasteiger partial charge in [-0.3, -0.25) is 9.59 Å². The molecule has 3 aromatic carbocycles. The van der Waals surface area contributed by atoms with Crippen LogP contribution >= 0.6 is 0 Å². The number of carbonyl (C=O) groups excluding carboxylic acids is 1. The molecule has 1 aromatic heterocycles. The predicted molar refractivity (Wildman–Crippen MR) is 112 cm³/mol. The number of ether oxygens (including phenoxy) is 1. The summed E-state index contributed by atoms with van der Waals surface area (Å²) in [7, 11) is 1.61. The van der Waals surface area contributed by atoms with Crippen molar-refractivity contribution in [2.45, 2.75) is 6.54 Å². The van der Waals surface area contributed by atoms with Gasteiger partial charge in [-0.2, -0.15) is 9.78 Å². The highest BCUT2D eigenvalue weighted by molar-refractivity contribution is 6.04. The van der Waals surface area contributed by atoms with E-state index in [1.807, 2.05) is 42.5 Å². The summed E-state index contributed by atoms with van der Waals surface area (Å²) in [6.45, 7) is 0.337. The Kier molecular flexibility index (Phi) is 5.07. The number of fused-ring (bicyclic) bond motifs is 1. The van der Waals surface area contributed by atoms with Crippen LogP contribution in [0, 0.1) is 0 Å². The van der Waals surface area contributed by atoms with Gasteiger partial charge in [0.05, 0.1) is 18.2 Å². The Balaban J connectivity index is 1.71. The fraction of sp³-hybridized carbons (Fsp3) is 0.0870. The van der Waals surface area contributed by atoms with Gasteiger partial charge in [-0.15, -0.1) is 0 Å². The van der Waals surface area contributed by atoms with Crippen molar-refractivity contribution in [3.8, 4) is 11.4 Å².